The van der Waals surface area contributed by atoms with Crippen molar-refractivity contribution in [3.63, 3.8) is 0 Å². The van der Waals surface area contributed by atoms with E-state index in [1.807, 2.05) is 13.0 Å². The maximum atomic E-state index is 12.2. The van der Waals surface area contributed by atoms with E-state index in [0.717, 1.165) is 5.56 Å². The van der Waals surface area contributed by atoms with E-state index < -0.39 is 17.8 Å². The predicted octanol–water partition coefficient (Wildman–Crippen LogP) is 3.32. The number of aryl methyl sites for hydroxylation is 1. The summed E-state index contributed by atoms with van der Waals surface area (Å²) in [6.07, 6.45) is 1.35. The summed E-state index contributed by atoms with van der Waals surface area (Å²) in [6, 6.07) is 18.3. The van der Waals surface area contributed by atoms with Gasteiger partial charge in [0, 0.05) is 6.07 Å². The Balaban J connectivity index is 1.53. The van der Waals surface area contributed by atoms with E-state index in [1.54, 1.807) is 60.7 Å². The molecule has 0 saturated heterocycles. The van der Waals surface area contributed by atoms with Gasteiger partial charge in [0.25, 0.3) is 0 Å². The van der Waals surface area contributed by atoms with Crippen molar-refractivity contribution in [2.24, 2.45) is 5.10 Å². The number of hydrogen-bond donors (Lipinski definition) is 2. The molecule has 0 saturated carbocycles. The molecule has 0 fully saturated rings. The van der Waals surface area contributed by atoms with Gasteiger partial charge < -0.3 is 19.5 Å². The average molecular weight is 461 g/mol. The second kappa shape index (κ2) is 11.3. The highest BCUT2D eigenvalue weighted by atomic mass is 16.5. The molecule has 0 aromatic heterocycles. The monoisotopic (exact) mass is 461 g/mol. The first-order valence-electron chi connectivity index (χ1n) is 10.1. The van der Waals surface area contributed by atoms with Gasteiger partial charge in [-0.15, -0.1) is 0 Å². The topological polar surface area (TPSA) is 115 Å². The molecule has 0 unspecified atom stereocenters. The number of rotatable bonds is 7. The Morgan fingerprint density at radius 3 is 2.26 bits per heavy atom. The second-order valence-corrected chi connectivity index (χ2v) is 7.05. The van der Waals surface area contributed by atoms with Crippen LogP contribution < -0.4 is 25.0 Å². The highest BCUT2D eigenvalue weighted by Gasteiger charge is 2.16. The SMILES string of the molecule is COc1ccc(NC(=O)C(=O)N/N=C/c2ccc(OC(=O)c3cccc(C)c3)cc2)c(OC)c1. The zero-order valence-electron chi connectivity index (χ0n) is 18.8. The summed E-state index contributed by atoms with van der Waals surface area (Å²) in [5.41, 5.74) is 4.49. The third kappa shape index (κ3) is 6.42. The van der Waals surface area contributed by atoms with Gasteiger partial charge in [-0.1, -0.05) is 17.7 Å². The molecule has 2 amide bonds. The van der Waals surface area contributed by atoms with Gasteiger partial charge in [0.15, 0.2) is 0 Å². The molecule has 0 atom stereocenters. The molecule has 0 radical (unpaired) electrons. The normalized spacial score (nSPS) is 10.4. The zero-order chi connectivity index (χ0) is 24.5. The highest BCUT2D eigenvalue weighted by molar-refractivity contribution is 6.39. The van der Waals surface area contributed by atoms with Crippen molar-refractivity contribution in [1.29, 1.82) is 0 Å². The molecule has 0 spiro atoms. The van der Waals surface area contributed by atoms with Crippen LogP contribution in [0.15, 0.2) is 71.8 Å². The Morgan fingerprint density at radius 1 is 0.853 bits per heavy atom. The number of benzene rings is 3. The maximum Gasteiger partial charge on any atom is 0.343 e. The molecular formula is C25H23N3O6. The number of hydrazone groups is 1. The number of methoxy groups -OCH3 is 2. The minimum atomic E-state index is -0.960. The molecule has 0 heterocycles. The first kappa shape index (κ1) is 24.0. The average Bonchev–Trinajstić information content (AvgIpc) is 2.85. The second-order valence-electron chi connectivity index (χ2n) is 7.05. The molecule has 3 aromatic carbocycles. The fraction of sp³-hybridized carbons (Fsp3) is 0.120. The quantitative estimate of drug-likeness (QED) is 0.183. The van der Waals surface area contributed by atoms with Crippen LogP contribution >= 0.6 is 0 Å². The lowest BCUT2D eigenvalue weighted by Gasteiger charge is -2.10. The molecule has 0 bridgehead atoms. The van der Waals surface area contributed by atoms with E-state index in [9.17, 15) is 14.4 Å². The molecule has 3 aromatic rings. The van der Waals surface area contributed by atoms with Gasteiger partial charge in [0.2, 0.25) is 0 Å². The summed E-state index contributed by atoms with van der Waals surface area (Å²) < 4.78 is 15.6. The molecular weight excluding hydrogens is 438 g/mol. The number of esters is 1. The van der Waals surface area contributed by atoms with Crippen molar-refractivity contribution < 1.29 is 28.6 Å². The molecule has 2 N–H and O–H groups in total. The van der Waals surface area contributed by atoms with E-state index >= 15 is 0 Å². The van der Waals surface area contributed by atoms with Gasteiger partial charge in [-0.25, -0.2) is 10.2 Å². The van der Waals surface area contributed by atoms with Gasteiger partial charge in [0.05, 0.1) is 31.7 Å². The molecule has 0 aliphatic carbocycles. The van der Waals surface area contributed by atoms with Gasteiger partial charge >= 0.3 is 17.8 Å². The van der Waals surface area contributed by atoms with Gasteiger partial charge in [0.1, 0.15) is 17.2 Å². The van der Waals surface area contributed by atoms with Gasteiger partial charge in [-0.3, -0.25) is 9.59 Å². The smallest absolute Gasteiger partial charge is 0.343 e. The summed E-state index contributed by atoms with van der Waals surface area (Å²) in [5.74, 6) is -1.10. The molecule has 3 rings (SSSR count). The fourth-order valence-electron chi connectivity index (χ4n) is 2.86. The van der Waals surface area contributed by atoms with E-state index in [4.69, 9.17) is 14.2 Å². The van der Waals surface area contributed by atoms with Crippen LogP contribution in [0.3, 0.4) is 0 Å². The lowest BCUT2D eigenvalue weighted by atomic mass is 10.1. The van der Waals surface area contributed by atoms with Crippen molar-refractivity contribution >= 4 is 29.7 Å². The Hall–Kier alpha value is -4.66. The number of carbonyl (C=O) groups excluding carboxylic acids is 3. The molecule has 9 heteroatoms. The third-order valence-corrected chi connectivity index (χ3v) is 4.59. The van der Waals surface area contributed by atoms with Crippen LogP contribution in [0, 0.1) is 6.92 Å². The largest absolute Gasteiger partial charge is 0.497 e. The molecule has 34 heavy (non-hydrogen) atoms. The van der Waals surface area contributed by atoms with Crippen LogP contribution in [0.5, 0.6) is 17.2 Å². The number of nitrogens with one attached hydrogen (secondary N) is 2. The lowest BCUT2D eigenvalue weighted by Crippen LogP contribution is -2.32. The van der Waals surface area contributed by atoms with E-state index in [1.165, 1.54) is 20.4 Å². The summed E-state index contributed by atoms with van der Waals surface area (Å²) in [7, 11) is 2.94. The number of carbonyl (C=O) groups is 3. The van der Waals surface area contributed by atoms with E-state index in [-0.39, 0.29) is 0 Å². The first-order valence-corrected chi connectivity index (χ1v) is 10.1. The van der Waals surface area contributed by atoms with E-state index in [2.05, 4.69) is 15.8 Å². The Morgan fingerprint density at radius 2 is 1.59 bits per heavy atom. The molecule has 9 nitrogen and oxygen atoms in total. The number of nitrogens with zero attached hydrogens (tertiary/aromatic N) is 1. The van der Waals surface area contributed by atoms with Gasteiger partial charge in [-0.05, 0) is 61.0 Å². The van der Waals surface area contributed by atoms with Crippen molar-refractivity contribution in [1.82, 2.24) is 5.43 Å². The van der Waals surface area contributed by atoms with Crippen LogP contribution in [-0.4, -0.2) is 38.2 Å². The Labute approximate surface area is 196 Å². The van der Waals surface area contributed by atoms with Crippen LogP contribution in [-0.2, 0) is 9.59 Å². The van der Waals surface area contributed by atoms with Crippen LogP contribution in [0.4, 0.5) is 5.69 Å². The number of amides is 2. The van der Waals surface area contributed by atoms with Crippen molar-refractivity contribution in [2.45, 2.75) is 6.92 Å². The molecule has 0 aliphatic heterocycles. The minimum absolute atomic E-state index is 0.309. The van der Waals surface area contributed by atoms with Crippen molar-refractivity contribution in [3.8, 4) is 17.2 Å². The summed E-state index contributed by atoms with van der Waals surface area (Å²) in [5, 5.41) is 6.23. The standard InChI is InChI=1S/C25H23N3O6/c1-16-5-4-6-18(13-16)25(31)34-19-9-7-17(8-10-19)15-26-28-24(30)23(29)27-21-12-11-20(32-2)14-22(21)33-3/h4-15H,1-3H3,(H,27,29)(H,28,30)/b26-15+. The van der Waals surface area contributed by atoms with Crippen LogP contribution in [0.25, 0.3) is 0 Å². The number of hydrogen-bond acceptors (Lipinski definition) is 7. The fourth-order valence-corrected chi connectivity index (χ4v) is 2.86. The summed E-state index contributed by atoms with van der Waals surface area (Å²) in [6.45, 7) is 1.89. The number of ether oxygens (including phenoxy) is 3. The molecule has 0 aliphatic rings. The predicted molar refractivity (Wildman–Crippen MR) is 126 cm³/mol. The zero-order valence-corrected chi connectivity index (χ0v) is 18.8. The minimum Gasteiger partial charge on any atom is -0.497 e. The van der Waals surface area contributed by atoms with E-state index in [0.29, 0.717) is 34.1 Å². The number of anilines is 1. The van der Waals surface area contributed by atoms with Crippen LogP contribution in [0.2, 0.25) is 0 Å². The van der Waals surface area contributed by atoms with Crippen LogP contribution in [0.1, 0.15) is 21.5 Å². The summed E-state index contributed by atoms with van der Waals surface area (Å²) >= 11 is 0. The Bertz CT molecular complexity index is 1220. The first-order chi connectivity index (χ1) is 16.4. The maximum absolute atomic E-state index is 12.2. The summed E-state index contributed by atoms with van der Waals surface area (Å²) in [4.78, 5) is 36.4. The van der Waals surface area contributed by atoms with Gasteiger partial charge in [-0.2, -0.15) is 5.10 Å². The lowest BCUT2D eigenvalue weighted by molar-refractivity contribution is -0.136. The molecule has 174 valence electrons. The van der Waals surface area contributed by atoms with Crippen molar-refractivity contribution in [3.05, 3.63) is 83.4 Å². The Kier molecular flexibility index (Phi) is 7.96. The highest BCUT2D eigenvalue weighted by Crippen LogP contribution is 2.28. The third-order valence-electron chi connectivity index (χ3n) is 4.59. The van der Waals surface area contributed by atoms with Crippen molar-refractivity contribution in [2.75, 3.05) is 19.5 Å².